The third kappa shape index (κ3) is 5.10. The molecule has 2 aromatic rings. The summed E-state index contributed by atoms with van der Waals surface area (Å²) in [4.78, 5) is 40.3. The Labute approximate surface area is 165 Å². The molecule has 0 radical (unpaired) electrons. The molecule has 15 heteroatoms. The molecule has 158 valence electrons. The van der Waals surface area contributed by atoms with Crippen molar-refractivity contribution < 1.29 is 34.3 Å². The lowest BCUT2D eigenvalue weighted by Gasteiger charge is -2.17. The van der Waals surface area contributed by atoms with Gasteiger partial charge in [0.2, 0.25) is 0 Å². The topological polar surface area (TPSA) is 211 Å². The lowest BCUT2D eigenvalue weighted by Crippen LogP contribution is -2.29. The molecule has 1 atom stereocenters. The number of hydrogen-bond acceptors (Lipinski definition) is 11. The summed E-state index contributed by atoms with van der Waals surface area (Å²) >= 11 is 0. The molecule has 0 heterocycles. The van der Waals surface area contributed by atoms with E-state index < -0.39 is 67.5 Å². The molecule has 0 spiro atoms. The summed E-state index contributed by atoms with van der Waals surface area (Å²) in [5, 5.41) is 53.2. The number of nitro groups is 4. The van der Waals surface area contributed by atoms with Gasteiger partial charge in [-0.25, -0.2) is 0 Å². The molecular weight excluding hydrogens is 412 g/mol. The third-order valence-corrected chi connectivity index (χ3v) is 3.62. The highest BCUT2D eigenvalue weighted by molar-refractivity contribution is 5.54. The Bertz CT molecular complexity index is 1010. The minimum absolute atomic E-state index is 0.356. The van der Waals surface area contributed by atoms with Crippen LogP contribution in [0.5, 0.6) is 11.5 Å². The van der Waals surface area contributed by atoms with Crippen LogP contribution in [0.2, 0.25) is 0 Å². The van der Waals surface area contributed by atoms with Crippen LogP contribution in [0, 0.1) is 40.5 Å². The fourth-order valence-corrected chi connectivity index (χ4v) is 2.23. The zero-order chi connectivity index (χ0) is 22.4. The first kappa shape index (κ1) is 21.9. The quantitative estimate of drug-likeness (QED) is 0.431. The van der Waals surface area contributed by atoms with Crippen LogP contribution in [0.4, 0.5) is 22.7 Å². The number of hydrogen-bond donors (Lipinski definition) is 1. The van der Waals surface area contributed by atoms with Crippen molar-refractivity contribution in [3.05, 3.63) is 76.9 Å². The summed E-state index contributed by atoms with van der Waals surface area (Å²) in [6.45, 7) is -1.25. The molecule has 0 fully saturated rings. The average Bonchev–Trinajstić information content (AvgIpc) is 2.70. The van der Waals surface area contributed by atoms with Gasteiger partial charge < -0.3 is 14.6 Å². The molecule has 30 heavy (non-hydrogen) atoms. The minimum Gasteiger partial charge on any atom is -0.483 e. The summed E-state index contributed by atoms with van der Waals surface area (Å²) in [7, 11) is 0. The van der Waals surface area contributed by atoms with Gasteiger partial charge in [0.1, 0.15) is 6.61 Å². The first-order valence-electron chi connectivity index (χ1n) is 7.90. The van der Waals surface area contributed by atoms with Crippen LogP contribution in [0.1, 0.15) is 0 Å². The van der Waals surface area contributed by atoms with Crippen LogP contribution in [0.25, 0.3) is 0 Å². The zero-order valence-electron chi connectivity index (χ0n) is 14.8. The second-order valence-electron chi connectivity index (χ2n) is 5.57. The van der Waals surface area contributed by atoms with Crippen LogP contribution in [0.3, 0.4) is 0 Å². The maximum absolute atomic E-state index is 11.1. The van der Waals surface area contributed by atoms with Crippen molar-refractivity contribution in [2.24, 2.45) is 0 Å². The van der Waals surface area contributed by atoms with Crippen molar-refractivity contribution in [3.63, 3.8) is 0 Å². The van der Waals surface area contributed by atoms with Crippen molar-refractivity contribution in [2.75, 3.05) is 13.2 Å². The number of benzene rings is 2. The lowest BCUT2D eigenvalue weighted by molar-refractivity contribution is -0.395. The largest absolute Gasteiger partial charge is 0.483 e. The molecule has 0 saturated carbocycles. The molecule has 0 aliphatic rings. The molecule has 0 saturated heterocycles. The molecule has 0 bridgehead atoms. The van der Waals surface area contributed by atoms with Gasteiger partial charge in [0.25, 0.3) is 11.4 Å². The molecular formula is C15H12N4O11. The lowest BCUT2D eigenvalue weighted by atomic mass is 10.2. The Balaban J connectivity index is 2.21. The van der Waals surface area contributed by atoms with E-state index in [9.17, 15) is 45.6 Å². The number of non-ortho nitro benzene ring substituents is 2. The van der Waals surface area contributed by atoms with E-state index in [0.29, 0.717) is 12.1 Å². The summed E-state index contributed by atoms with van der Waals surface area (Å²) in [6.07, 6.45) is -1.25. The van der Waals surface area contributed by atoms with Crippen molar-refractivity contribution >= 4 is 22.7 Å². The summed E-state index contributed by atoms with van der Waals surface area (Å²) in [5.74, 6) is -0.753. The third-order valence-electron chi connectivity index (χ3n) is 3.62. The Morgan fingerprint density at radius 3 is 1.67 bits per heavy atom. The van der Waals surface area contributed by atoms with Crippen molar-refractivity contribution in [3.8, 4) is 11.5 Å². The number of nitro benzene ring substituents is 4. The maximum atomic E-state index is 11.1. The first-order valence-corrected chi connectivity index (χ1v) is 7.90. The standard InChI is InChI=1S/C15H12N4O11/c20-7-11(30-15-4-2-10(17(23)24)6-13(15)19(27)28)8-29-14-3-1-9(16(21)22)5-12(14)18(25)26/h1-6,11,20H,7-8H2. The van der Waals surface area contributed by atoms with Gasteiger partial charge in [0, 0.05) is 12.1 Å². The molecule has 0 aliphatic carbocycles. The monoisotopic (exact) mass is 424 g/mol. The van der Waals surface area contributed by atoms with E-state index in [4.69, 9.17) is 9.47 Å². The van der Waals surface area contributed by atoms with Crippen LogP contribution >= 0.6 is 0 Å². The predicted octanol–water partition coefficient (Wildman–Crippen LogP) is 2.14. The van der Waals surface area contributed by atoms with Gasteiger partial charge in [-0.2, -0.15) is 0 Å². The van der Waals surface area contributed by atoms with E-state index in [1.165, 1.54) is 0 Å². The molecule has 2 aromatic carbocycles. The Kier molecular flexibility index (Phi) is 6.71. The fourth-order valence-electron chi connectivity index (χ4n) is 2.23. The zero-order valence-corrected chi connectivity index (χ0v) is 14.8. The fraction of sp³-hybridized carbons (Fsp3) is 0.200. The highest BCUT2D eigenvalue weighted by atomic mass is 16.6. The molecule has 0 aromatic heterocycles. The van der Waals surface area contributed by atoms with Crippen molar-refractivity contribution in [1.82, 2.24) is 0 Å². The second kappa shape index (κ2) is 9.20. The number of aliphatic hydroxyl groups excluding tert-OH is 1. The Morgan fingerprint density at radius 2 is 1.23 bits per heavy atom. The number of rotatable bonds is 10. The summed E-state index contributed by atoms with van der Waals surface area (Å²) < 4.78 is 10.5. The normalized spacial score (nSPS) is 11.4. The smallest absolute Gasteiger partial charge is 0.317 e. The number of aliphatic hydroxyl groups is 1. The molecule has 0 amide bonds. The highest BCUT2D eigenvalue weighted by Gasteiger charge is 2.25. The van der Waals surface area contributed by atoms with Crippen molar-refractivity contribution in [1.29, 1.82) is 0 Å². The highest BCUT2D eigenvalue weighted by Crippen LogP contribution is 2.33. The average molecular weight is 424 g/mol. The van der Waals surface area contributed by atoms with Crippen LogP contribution < -0.4 is 9.47 Å². The van der Waals surface area contributed by atoms with Gasteiger partial charge in [-0.1, -0.05) is 0 Å². The number of ether oxygens (including phenoxy) is 2. The van der Waals surface area contributed by atoms with Crippen LogP contribution in [-0.2, 0) is 0 Å². The van der Waals surface area contributed by atoms with Crippen LogP contribution in [0.15, 0.2) is 36.4 Å². The van der Waals surface area contributed by atoms with Gasteiger partial charge in [0.05, 0.1) is 38.4 Å². The van der Waals surface area contributed by atoms with E-state index in [1.54, 1.807) is 0 Å². The Hall–Kier alpha value is -4.40. The van der Waals surface area contributed by atoms with Gasteiger partial charge in [-0.15, -0.1) is 0 Å². The summed E-state index contributed by atoms with van der Waals surface area (Å²) in [5.41, 5.74) is -2.52. The SMILES string of the molecule is O=[N+]([O-])c1ccc(OCC(CO)Oc2ccc([N+](=O)[O-])cc2[N+](=O)[O-])c([N+](=O)[O-])c1. The van der Waals surface area contributed by atoms with Crippen molar-refractivity contribution in [2.45, 2.75) is 6.10 Å². The molecule has 1 N–H and O–H groups in total. The van der Waals surface area contributed by atoms with E-state index in [-0.39, 0.29) is 5.75 Å². The maximum Gasteiger partial charge on any atom is 0.317 e. The van der Waals surface area contributed by atoms with E-state index in [2.05, 4.69) is 0 Å². The van der Waals surface area contributed by atoms with Gasteiger partial charge >= 0.3 is 11.4 Å². The molecule has 0 aliphatic heterocycles. The Morgan fingerprint density at radius 1 is 0.767 bits per heavy atom. The van der Waals surface area contributed by atoms with E-state index in [0.717, 1.165) is 24.3 Å². The van der Waals surface area contributed by atoms with Gasteiger partial charge in [0.15, 0.2) is 17.6 Å². The summed E-state index contributed by atoms with van der Waals surface area (Å²) in [6, 6.07) is 5.24. The first-order chi connectivity index (χ1) is 14.1. The number of nitrogens with zero attached hydrogens (tertiary/aromatic N) is 4. The molecule has 2 rings (SSSR count). The molecule has 1 unspecified atom stereocenters. The minimum atomic E-state index is -1.25. The molecule has 15 nitrogen and oxygen atoms in total. The van der Waals surface area contributed by atoms with Gasteiger partial charge in [-0.05, 0) is 12.1 Å². The van der Waals surface area contributed by atoms with E-state index >= 15 is 0 Å². The second-order valence-corrected chi connectivity index (χ2v) is 5.57. The predicted molar refractivity (Wildman–Crippen MR) is 96.5 cm³/mol. The van der Waals surface area contributed by atoms with Gasteiger partial charge in [-0.3, -0.25) is 40.5 Å². The van der Waals surface area contributed by atoms with Crippen LogP contribution in [-0.4, -0.2) is 44.1 Å². The van der Waals surface area contributed by atoms with E-state index in [1.807, 2.05) is 0 Å².